The minimum atomic E-state index is -4.57. The summed E-state index contributed by atoms with van der Waals surface area (Å²) in [7, 11) is 0. The molecule has 1 amide bonds. The van der Waals surface area contributed by atoms with Gasteiger partial charge in [-0.05, 0) is 32.4 Å². The van der Waals surface area contributed by atoms with Crippen molar-refractivity contribution in [1.82, 2.24) is 5.32 Å². The van der Waals surface area contributed by atoms with Crippen LogP contribution in [0.4, 0.5) is 13.2 Å². The minimum absolute atomic E-state index is 0.278. The van der Waals surface area contributed by atoms with Crippen LogP contribution in [0.1, 0.15) is 36.2 Å². The van der Waals surface area contributed by atoms with Crippen molar-refractivity contribution in [3.05, 3.63) is 35.4 Å². The van der Waals surface area contributed by atoms with Crippen molar-refractivity contribution < 1.29 is 23.1 Å². The van der Waals surface area contributed by atoms with Gasteiger partial charge < -0.3 is 10.4 Å². The molecule has 0 aromatic heterocycles. The zero-order valence-corrected chi connectivity index (χ0v) is 10.7. The van der Waals surface area contributed by atoms with Crippen LogP contribution in [-0.2, 0) is 6.18 Å². The molecular formula is C13H16F3NO2. The van der Waals surface area contributed by atoms with Crippen LogP contribution in [0.25, 0.3) is 0 Å². The van der Waals surface area contributed by atoms with E-state index >= 15 is 0 Å². The number of aliphatic hydroxyl groups is 1. The van der Waals surface area contributed by atoms with Gasteiger partial charge in [0.05, 0.1) is 17.2 Å². The molecule has 0 fully saturated rings. The number of benzene rings is 1. The first-order valence-electron chi connectivity index (χ1n) is 5.87. The standard InChI is InChI=1S/C13H16F3NO2/c1-8(7-9(2)18)17-12(19)10-5-3-4-6-11(10)13(14,15)16/h3-6,8-9,18H,7H2,1-2H3,(H,17,19). The summed E-state index contributed by atoms with van der Waals surface area (Å²) in [5, 5.41) is 11.6. The van der Waals surface area contributed by atoms with Gasteiger partial charge in [-0.25, -0.2) is 0 Å². The Hall–Kier alpha value is -1.56. The zero-order valence-electron chi connectivity index (χ0n) is 10.7. The van der Waals surface area contributed by atoms with E-state index in [-0.39, 0.29) is 6.42 Å². The van der Waals surface area contributed by atoms with Crippen molar-refractivity contribution in [2.45, 2.75) is 38.6 Å². The molecule has 0 saturated carbocycles. The lowest BCUT2D eigenvalue weighted by atomic mass is 10.1. The monoisotopic (exact) mass is 275 g/mol. The molecule has 1 rings (SSSR count). The smallest absolute Gasteiger partial charge is 0.393 e. The molecule has 0 spiro atoms. The van der Waals surface area contributed by atoms with Crippen molar-refractivity contribution in [1.29, 1.82) is 0 Å². The van der Waals surface area contributed by atoms with E-state index in [1.807, 2.05) is 0 Å². The summed E-state index contributed by atoms with van der Waals surface area (Å²) in [5.41, 5.74) is -1.37. The second-order valence-corrected chi connectivity index (χ2v) is 4.50. The van der Waals surface area contributed by atoms with Crippen molar-refractivity contribution in [3.63, 3.8) is 0 Å². The molecule has 1 aromatic carbocycles. The fourth-order valence-electron chi connectivity index (χ4n) is 1.80. The van der Waals surface area contributed by atoms with Crippen LogP contribution >= 0.6 is 0 Å². The first-order chi connectivity index (χ1) is 8.71. The molecule has 6 heteroatoms. The minimum Gasteiger partial charge on any atom is -0.393 e. The Bertz CT molecular complexity index is 444. The Balaban J connectivity index is 2.89. The van der Waals surface area contributed by atoms with E-state index < -0.39 is 35.4 Å². The summed E-state index contributed by atoms with van der Waals surface area (Å²) < 4.78 is 38.2. The van der Waals surface area contributed by atoms with Crippen molar-refractivity contribution in [2.75, 3.05) is 0 Å². The first kappa shape index (κ1) is 15.5. The average molecular weight is 275 g/mol. The van der Waals surface area contributed by atoms with Crippen LogP contribution in [-0.4, -0.2) is 23.2 Å². The number of carbonyl (C=O) groups excluding carboxylic acids is 1. The third-order valence-corrected chi connectivity index (χ3v) is 2.55. The van der Waals surface area contributed by atoms with Crippen molar-refractivity contribution in [2.24, 2.45) is 0 Å². The summed E-state index contributed by atoms with van der Waals surface area (Å²) in [6.07, 6.45) is -4.92. The maximum absolute atomic E-state index is 12.7. The number of carbonyl (C=O) groups is 1. The second-order valence-electron chi connectivity index (χ2n) is 4.50. The maximum Gasteiger partial charge on any atom is 0.417 e. The summed E-state index contributed by atoms with van der Waals surface area (Å²) in [5.74, 6) is -0.791. The molecule has 2 N–H and O–H groups in total. The Morgan fingerprint density at radius 2 is 1.89 bits per heavy atom. The second kappa shape index (κ2) is 6.06. The number of amides is 1. The lowest BCUT2D eigenvalue weighted by Gasteiger charge is -2.17. The number of rotatable bonds is 4. The van der Waals surface area contributed by atoms with E-state index in [9.17, 15) is 18.0 Å². The van der Waals surface area contributed by atoms with Gasteiger partial charge in [0.1, 0.15) is 0 Å². The van der Waals surface area contributed by atoms with Gasteiger partial charge in [-0.2, -0.15) is 13.2 Å². The van der Waals surface area contributed by atoms with Crippen LogP contribution in [0.2, 0.25) is 0 Å². The van der Waals surface area contributed by atoms with E-state index in [1.54, 1.807) is 13.8 Å². The molecule has 3 nitrogen and oxygen atoms in total. The molecule has 1 aromatic rings. The van der Waals surface area contributed by atoms with Gasteiger partial charge in [0.2, 0.25) is 0 Å². The van der Waals surface area contributed by atoms with Crippen LogP contribution in [0.5, 0.6) is 0 Å². The third-order valence-electron chi connectivity index (χ3n) is 2.55. The highest BCUT2D eigenvalue weighted by Gasteiger charge is 2.34. The van der Waals surface area contributed by atoms with Crippen LogP contribution in [0.3, 0.4) is 0 Å². The molecule has 0 aliphatic rings. The number of nitrogens with one attached hydrogen (secondary N) is 1. The van der Waals surface area contributed by atoms with Crippen LogP contribution in [0.15, 0.2) is 24.3 Å². The molecule has 2 atom stereocenters. The van der Waals surface area contributed by atoms with Gasteiger partial charge in [-0.3, -0.25) is 4.79 Å². The van der Waals surface area contributed by atoms with E-state index in [0.29, 0.717) is 0 Å². The highest BCUT2D eigenvalue weighted by Crippen LogP contribution is 2.31. The summed E-state index contributed by atoms with van der Waals surface area (Å²) in [4.78, 5) is 11.8. The predicted molar refractivity (Wildman–Crippen MR) is 64.7 cm³/mol. The predicted octanol–water partition coefficient (Wildman–Crippen LogP) is 2.59. The van der Waals surface area contributed by atoms with Crippen LogP contribution in [0, 0.1) is 0 Å². The lowest BCUT2D eigenvalue weighted by molar-refractivity contribution is -0.137. The SMILES string of the molecule is CC(O)CC(C)NC(=O)c1ccccc1C(F)(F)F. The Labute approximate surface area is 109 Å². The summed E-state index contributed by atoms with van der Waals surface area (Å²) >= 11 is 0. The van der Waals surface area contributed by atoms with E-state index in [2.05, 4.69) is 5.32 Å². The largest absolute Gasteiger partial charge is 0.417 e. The fourth-order valence-corrected chi connectivity index (χ4v) is 1.80. The molecule has 106 valence electrons. The Morgan fingerprint density at radius 3 is 2.42 bits per heavy atom. The quantitative estimate of drug-likeness (QED) is 0.887. The van der Waals surface area contributed by atoms with Crippen molar-refractivity contribution >= 4 is 5.91 Å². The number of alkyl halides is 3. The van der Waals surface area contributed by atoms with Gasteiger partial charge in [0.25, 0.3) is 5.91 Å². The van der Waals surface area contributed by atoms with Gasteiger partial charge in [-0.15, -0.1) is 0 Å². The van der Waals surface area contributed by atoms with E-state index in [1.165, 1.54) is 12.1 Å². The Kier molecular flexibility index (Phi) is 4.94. The maximum atomic E-state index is 12.7. The van der Waals surface area contributed by atoms with Gasteiger partial charge in [-0.1, -0.05) is 12.1 Å². The lowest BCUT2D eigenvalue weighted by Crippen LogP contribution is -2.35. The molecule has 0 aliphatic carbocycles. The summed E-state index contributed by atoms with van der Waals surface area (Å²) in [6.45, 7) is 3.17. The van der Waals surface area contributed by atoms with E-state index in [4.69, 9.17) is 5.11 Å². The fraction of sp³-hybridized carbons (Fsp3) is 0.462. The Morgan fingerprint density at radius 1 is 1.32 bits per heavy atom. The normalized spacial score (nSPS) is 14.8. The van der Waals surface area contributed by atoms with Gasteiger partial charge in [0, 0.05) is 6.04 Å². The molecule has 0 bridgehead atoms. The van der Waals surface area contributed by atoms with E-state index in [0.717, 1.165) is 12.1 Å². The molecule has 19 heavy (non-hydrogen) atoms. The summed E-state index contributed by atoms with van der Waals surface area (Å²) in [6, 6.07) is 4.21. The third kappa shape index (κ3) is 4.55. The molecule has 0 aliphatic heterocycles. The highest BCUT2D eigenvalue weighted by molar-refractivity contribution is 5.96. The number of hydrogen-bond acceptors (Lipinski definition) is 2. The zero-order chi connectivity index (χ0) is 14.6. The molecule has 0 saturated heterocycles. The first-order valence-corrected chi connectivity index (χ1v) is 5.87. The van der Waals surface area contributed by atoms with Gasteiger partial charge in [0.15, 0.2) is 0 Å². The number of hydrogen-bond donors (Lipinski definition) is 2. The number of aliphatic hydroxyl groups excluding tert-OH is 1. The molecule has 0 radical (unpaired) electrons. The van der Waals surface area contributed by atoms with Gasteiger partial charge >= 0.3 is 6.18 Å². The molecular weight excluding hydrogens is 259 g/mol. The average Bonchev–Trinajstić information content (AvgIpc) is 2.26. The van der Waals surface area contributed by atoms with Crippen molar-refractivity contribution in [3.8, 4) is 0 Å². The molecule has 2 unspecified atom stereocenters. The van der Waals surface area contributed by atoms with Crippen LogP contribution < -0.4 is 5.32 Å². The molecule has 0 heterocycles. The number of halogens is 3. The topological polar surface area (TPSA) is 49.3 Å². The highest BCUT2D eigenvalue weighted by atomic mass is 19.4.